The highest BCUT2D eigenvalue weighted by molar-refractivity contribution is 6.07. The zero-order valence-corrected chi connectivity index (χ0v) is 15.1. The molecule has 2 amide bonds. The average molecular weight is 386 g/mol. The van der Waals surface area contributed by atoms with Gasteiger partial charge in [-0.05, 0) is 19.8 Å². The maximum absolute atomic E-state index is 12.3. The monoisotopic (exact) mass is 386 g/mol. The number of fused-ring (bicyclic) bond motifs is 1. The van der Waals surface area contributed by atoms with Gasteiger partial charge in [0.15, 0.2) is 6.61 Å². The van der Waals surface area contributed by atoms with Gasteiger partial charge in [0, 0.05) is 17.2 Å². The van der Waals surface area contributed by atoms with Crippen molar-refractivity contribution < 1.29 is 28.8 Å². The molecule has 1 aromatic carbocycles. The number of hydrogen-bond acceptors (Lipinski definition) is 7. The summed E-state index contributed by atoms with van der Waals surface area (Å²) in [7, 11) is 0. The maximum Gasteiger partial charge on any atom is 0.326 e. The minimum Gasteiger partial charge on any atom is -0.456 e. The third-order valence-electron chi connectivity index (χ3n) is 4.98. The zero-order valence-electron chi connectivity index (χ0n) is 15.1. The molecule has 0 radical (unpaired) electrons. The Morgan fingerprint density at radius 3 is 2.36 bits per heavy atom. The lowest BCUT2D eigenvalue weighted by molar-refractivity contribution is -0.385. The van der Waals surface area contributed by atoms with Gasteiger partial charge in [-0.15, -0.1) is 0 Å². The van der Waals surface area contributed by atoms with E-state index in [2.05, 4.69) is 0 Å². The maximum atomic E-state index is 12.3. The largest absolute Gasteiger partial charge is 0.456 e. The van der Waals surface area contributed by atoms with Crippen LogP contribution in [0.4, 0.5) is 5.69 Å². The van der Waals surface area contributed by atoms with Crippen molar-refractivity contribution in [2.45, 2.75) is 19.8 Å². The Bertz CT molecular complexity index is 880. The number of hydrogen-bond donors (Lipinski definition) is 0. The highest BCUT2D eigenvalue weighted by Crippen LogP contribution is 2.34. The number of nitrogens with zero attached hydrogens (tertiary/aromatic N) is 2. The first-order valence-corrected chi connectivity index (χ1v) is 8.73. The minimum absolute atomic E-state index is 0.0375. The van der Waals surface area contributed by atoms with E-state index in [9.17, 15) is 29.3 Å². The number of ether oxygens (including phenoxy) is 1. The lowest BCUT2D eigenvalue weighted by atomic mass is 9.85. The second-order valence-electron chi connectivity index (χ2n) is 6.76. The molecule has 0 N–H and O–H groups in total. The minimum atomic E-state index is -0.886. The number of carbonyl (C=O) groups excluding carboxylic acids is 4. The number of esters is 1. The van der Waals surface area contributed by atoms with Crippen LogP contribution in [0.25, 0.3) is 0 Å². The summed E-state index contributed by atoms with van der Waals surface area (Å²) in [4.78, 5) is 60.0. The van der Waals surface area contributed by atoms with Gasteiger partial charge in [-0.25, -0.2) is 0 Å². The Morgan fingerprint density at radius 1 is 1.18 bits per heavy atom. The van der Waals surface area contributed by atoms with E-state index < -0.39 is 53.5 Å². The molecule has 1 aliphatic carbocycles. The summed E-state index contributed by atoms with van der Waals surface area (Å²) >= 11 is 0. The smallest absolute Gasteiger partial charge is 0.326 e. The van der Waals surface area contributed by atoms with E-state index in [1.54, 1.807) is 6.92 Å². The number of benzene rings is 1. The van der Waals surface area contributed by atoms with Gasteiger partial charge in [0.25, 0.3) is 5.69 Å². The number of imide groups is 1. The topological polar surface area (TPSA) is 124 Å². The van der Waals surface area contributed by atoms with Gasteiger partial charge in [-0.2, -0.15) is 0 Å². The summed E-state index contributed by atoms with van der Waals surface area (Å²) in [6, 6.07) is 3.96. The van der Waals surface area contributed by atoms with Crippen LogP contribution in [-0.4, -0.2) is 46.5 Å². The number of rotatable bonds is 6. The summed E-state index contributed by atoms with van der Waals surface area (Å²) < 4.78 is 4.88. The molecule has 1 fully saturated rings. The first kappa shape index (κ1) is 19.4. The van der Waals surface area contributed by atoms with Crippen molar-refractivity contribution in [3.8, 4) is 0 Å². The molecule has 0 aromatic heterocycles. The van der Waals surface area contributed by atoms with E-state index in [1.165, 1.54) is 12.1 Å². The summed E-state index contributed by atoms with van der Waals surface area (Å²) in [6.45, 7) is 0.360. The quantitative estimate of drug-likeness (QED) is 0.181. The van der Waals surface area contributed by atoms with Crippen molar-refractivity contribution in [1.29, 1.82) is 0 Å². The molecule has 0 spiro atoms. The third kappa shape index (κ3) is 3.68. The number of Topliss-reactive ketones (excluding diaryl/α,β-unsaturated/α-hetero) is 1. The van der Waals surface area contributed by atoms with E-state index in [0.29, 0.717) is 18.4 Å². The van der Waals surface area contributed by atoms with Gasteiger partial charge in [0.1, 0.15) is 6.54 Å². The molecule has 9 nitrogen and oxygen atoms in total. The van der Waals surface area contributed by atoms with Crippen molar-refractivity contribution in [3.05, 3.63) is 51.6 Å². The third-order valence-corrected chi connectivity index (χ3v) is 4.98. The van der Waals surface area contributed by atoms with E-state index in [-0.39, 0.29) is 11.3 Å². The molecule has 1 heterocycles. The number of ketones is 1. The Hall–Kier alpha value is -3.36. The average Bonchev–Trinajstić information content (AvgIpc) is 2.91. The van der Waals surface area contributed by atoms with Crippen LogP contribution in [-0.2, 0) is 19.1 Å². The normalized spacial score (nSPS) is 20.8. The molecule has 0 bridgehead atoms. The van der Waals surface area contributed by atoms with E-state index in [0.717, 1.165) is 11.0 Å². The summed E-state index contributed by atoms with van der Waals surface area (Å²) in [6.07, 6.45) is 4.61. The van der Waals surface area contributed by atoms with E-state index in [4.69, 9.17) is 4.74 Å². The van der Waals surface area contributed by atoms with Crippen LogP contribution in [0.5, 0.6) is 0 Å². The van der Waals surface area contributed by atoms with Crippen molar-refractivity contribution in [2.75, 3.05) is 13.2 Å². The van der Waals surface area contributed by atoms with Gasteiger partial charge in [-0.3, -0.25) is 34.2 Å². The molecule has 0 saturated carbocycles. The molecule has 9 heteroatoms. The van der Waals surface area contributed by atoms with Crippen molar-refractivity contribution in [2.24, 2.45) is 11.8 Å². The molecule has 1 aromatic rings. The fourth-order valence-corrected chi connectivity index (χ4v) is 3.41. The van der Waals surface area contributed by atoms with Crippen LogP contribution in [0.3, 0.4) is 0 Å². The van der Waals surface area contributed by atoms with Crippen molar-refractivity contribution in [1.82, 2.24) is 4.90 Å². The number of carbonyl (C=O) groups is 4. The van der Waals surface area contributed by atoms with Crippen LogP contribution in [0, 0.1) is 28.9 Å². The Balaban J connectivity index is 1.58. The molecule has 3 rings (SSSR count). The number of allylic oxidation sites excluding steroid dienone is 2. The lowest BCUT2D eigenvalue weighted by Gasteiger charge is -2.14. The highest BCUT2D eigenvalue weighted by atomic mass is 16.6. The predicted octanol–water partition coefficient (Wildman–Crippen LogP) is 1.58. The summed E-state index contributed by atoms with van der Waals surface area (Å²) in [5.74, 6) is -3.20. The number of nitro benzene ring substituents is 1. The Kier molecular flexibility index (Phi) is 5.34. The van der Waals surface area contributed by atoms with Crippen molar-refractivity contribution >= 4 is 29.3 Å². The van der Waals surface area contributed by atoms with E-state index >= 15 is 0 Å². The molecule has 1 aliphatic heterocycles. The highest BCUT2D eigenvalue weighted by Gasteiger charge is 2.47. The predicted molar refractivity (Wildman–Crippen MR) is 95.2 cm³/mol. The summed E-state index contributed by atoms with van der Waals surface area (Å²) in [5, 5.41) is 11.0. The molecular formula is C19H18N2O7. The Morgan fingerprint density at radius 2 is 1.79 bits per heavy atom. The molecule has 2 aliphatic rings. The molecule has 1 saturated heterocycles. The number of nitro groups is 1. The molecule has 146 valence electrons. The van der Waals surface area contributed by atoms with Crippen LogP contribution in [0.2, 0.25) is 0 Å². The van der Waals surface area contributed by atoms with Gasteiger partial charge in [0.05, 0.1) is 16.8 Å². The first-order chi connectivity index (χ1) is 13.3. The van der Waals surface area contributed by atoms with Crippen LogP contribution < -0.4 is 0 Å². The van der Waals surface area contributed by atoms with Gasteiger partial charge >= 0.3 is 5.97 Å². The van der Waals surface area contributed by atoms with Gasteiger partial charge in [0.2, 0.25) is 17.6 Å². The first-order valence-electron chi connectivity index (χ1n) is 8.73. The summed E-state index contributed by atoms with van der Waals surface area (Å²) in [5.41, 5.74) is 0.234. The van der Waals surface area contributed by atoms with Crippen LogP contribution in [0.1, 0.15) is 28.8 Å². The fourth-order valence-electron chi connectivity index (χ4n) is 3.41. The molecule has 0 unspecified atom stereocenters. The second-order valence-corrected chi connectivity index (χ2v) is 6.76. The molecule has 2 atom stereocenters. The van der Waals surface area contributed by atoms with Crippen LogP contribution in [0.15, 0.2) is 30.4 Å². The number of amides is 2. The second kappa shape index (κ2) is 7.71. The zero-order chi connectivity index (χ0) is 20.4. The van der Waals surface area contributed by atoms with Crippen molar-refractivity contribution in [3.63, 3.8) is 0 Å². The van der Waals surface area contributed by atoms with Crippen LogP contribution >= 0.6 is 0 Å². The molecular weight excluding hydrogens is 368 g/mol. The Labute approximate surface area is 160 Å². The SMILES string of the molecule is Cc1ccc(C(=O)COC(=O)CN2C(=O)[C@@H]3CC=CC[C@H]3C2=O)cc1[N+](=O)[O-]. The lowest BCUT2D eigenvalue weighted by Crippen LogP contribution is -2.37. The van der Waals surface area contributed by atoms with E-state index in [1.807, 2.05) is 12.2 Å². The standard InChI is InChI=1S/C19H18N2O7/c1-11-6-7-12(8-15(11)21(26)27)16(22)10-28-17(23)9-20-18(24)13-4-2-3-5-14(13)19(20)25/h2-3,6-8,13-14H,4-5,9-10H2,1H3/t13-,14-/m1/s1. The number of aryl methyl sites for hydroxylation is 1. The van der Waals surface area contributed by atoms with Gasteiger partial charge < -0.3 is 4.74 Å². The van der Waals surface area contributed by atoms with Gasteiger partial charge in [-0.1, -0.05) is 24.3 Å². The number of likely N-dealkylation sites (tertiary alicyclic amines) is 1. The molecule has 28 heavy (non-hydrogen) atoms. The fraction of sp³-hybridized carbons (Fsp3) is 0.368.